The molecule has 0 atom stereocenters. The fourth-order valence-electron chi connectivity index (χ4n) is 2.31. The van der Waals surface area contributed by atoms with Gasteiger partial charge in [-0.05, 0) is 36.3 Å². The molecule has 0 spiro atoms. The van der Waals surface area contributed by atoms with E-state index >= 15 is 0 Å². The fraction of sp³-hybridized carbons (Fsp3) is 0.706. The van der Waals surface area contributed by atoms with E-state index in [0.717, 1.165) is 24.4 Å². The van der Waals surface area contributed by atoms with Gasteiger partial charge in [0.2, 0.25) is 0 Å². The van der Waals surface area contributed by atoms with E-state index in [1.807, 2.05) is 6.20 Å². The van der Waals surface area contributed by atoms with E-state index in [0.29, 0.717) is 5.41 Å². The summed E-state index contributed by atoms with van der Waals surface area (Å²) < 4.78 is 0. The summed E-state index contributed by atoms with van der Waals surface area (Å²) >= 11 is 5.74. The van der Waals surface area contributed by atoms with E-state index in [1.165, 1.54) is 18.4 Å². The summed E-state index contributed by atoms with van der Waals surface area (Å²) in [5.74, 6) is 0.776. The highest BCUT2D eigenvalue weighted by molar-refractivity contribution is 6.17. The molecule has 19 heavy (non-hydrogen) atoms. The average molecular weight is 282 g/mol. The summed E-state index contributed by atoms with van der Waals surface area (Å²) in [5.41, 5.74) is 2.96. The Morgan fingerprint density at radius 2 is 1.74 bits per heavy atom. The molecule has 1 aromatic heterocycles. The summed E-state index contributed by atoms with van der Waals surface area (Å²) in [7, 11) is 0. The van der Waals surface area contributed by atoms with Gasteiger partial charge in [0.05, 0.1) is 0 Å². The highest BCUT2D eigenvalue weighted by Crippen LogP contribution is 2.28. The molecular weight excluding hydrogens is 254 g/mol. The van der Waals surface area contributed by atoms with Crippen molar-refractivity contribution in [3.8, 4) is 0 Å². The van der Waals surface area contributed by atoms with Gasteiger partial charge in [0.25, 0.3) is 0 Å². The van der Waals surface area contributed by atoms with Crippen molar-refractivity contribution >= 4 is 11.6 Å². The molecule has 0 bridgehead atoms. The molecule has 2 heteroatoms. The first-order valence-electron chi connectivity index (χ1n) is 7.26. The number of unbranched alkanes of at least 4 members (excludes halogenated alkanes) is 1. The normalized spacial score (nSPS) is 12.7. The van der Waals surface area contributed by atoms with Crippen molar-refractivity contribution in [2.75, 3.05) is 5.88 Å². The lowest BCUT2D eigenvalue weighted by Crippen LogP contribution is -2.17. The summed E-state index contributed by atoms with van der Waals surface area (Å²) in [5, 5.41) is 0. The molecule has 0 fully saturated rings. The lowest BCUT2D eigenvalue weighted by atomic mass is 9.81. The standard InChI is InChI=1S/C17H28ClN/c1-16(2,3)15-9-8-14(13-19-15)12-17(4,5)10-6-7-11-18/h8-9,13H,6-7,10-12H2,1-5H3. The lowest BCUT2D eigenvalue weighted by molar-refractivity contribution is 0.321. The zero-order valence-corrected chi connectivity index (χ0v) is 13.8. The first-order valence-corrected chi connectivity index (χ1v) is 7.79. The molecule has 0 aromatic carbocycles. The molecule has 108 valence electrons. The number of hydrogen-bond acceptors (Lipinski definition) is 1. The minimum absolute atomic E-state index is 0.133. The van der Waals surface area contributed by atoms with E-state index in [1.54, 1.807) is 0 Å². The summed E-state index contributed by atoms with van der Waals surface area (Å²) in [6.45, 7) is 11.3. The molecular formula is C17H28ClN. The van der Waals surface area contributed by atoms with Crippen LogP contribution in [0.2, 0.25) is 0 Å². The molecule has 1 heterocycles. The third-order valence-electron chi connectivity index (χ3n) is 3.51. The Morgan fingerprint density at radius 1 is 1.05 bits per heavy atom. The molecule has 0 aliphatic rings. The van der Waals surface area contributed by atoms with Crippen LogP contribution in [-0.4, -0.2) is 10.9 Å². The van der Waals surface area contributed by atoms with E-state index in [-0.39, 0.29) is 5.41 Å². The van der Waals surface area contributed by atoms with Crippen molar-refractivity contribution in [3.05, 3.63) is 29.6 Å². The Balaban J connectivity index is 2.62. The van der Waals surface area contributed by atoms with Crippen LogP contribution in [0, 0.1) is 5.41 Å². The molecule has 0 aliphatic heterocycles. The smallest absolute Gasteiger partial charge is 0.0457 e. The largest absolute Gasteiger partial charge is 0.260 e. The maximum absolute atomic E-state index is 5.74. The maximum Gasteiger partial charge on any atom is 0.0457 e. The Morgan fingerprint density at radius 3 is 2.21 bits per heavy atom. The number of pyridine rings is 1. The van der Waals surface area contributed by atoms with Crippen molar-refractivity contribution in [2.24, 2.45) is 5.41 Å². The van der Waals surface area contributed by atoms with Crippen LogP contribution >= 0.6 is 11.6 Å². The van der Waals surface area contributed by atoms with Crippen LogP contribution < -0.4 is 0 Å². The van der Waals surface area contributed by atoms with Crippen molar-refractivity contribution in [1.82, 2.24) is 4.98 Å². The molecule has 0 saturated carbocycles. The summed E-state index contributed by atoms with van der Waals surface area (Å²) in [4.78, 5) is 4.61. The highest BCUT2D eigenvalue weighted by atomic mass is 35.5. The quantitative estimate of drug-likeness (QED) is 0.505. The Labute approximate surface area is 123 Å². The second-order valence-electron chi connectivity index (χ2n) is 7.29. The van der Waals surface area contributed by atoms with E-state index < -0.39 is 0 Å². The Kier molecular flexibility index (Phi) is 5.85. The van der Waals surface area contributed by atoms with Gasteiger partial charge in [0, 0.05) is 23.2 Å². The fourth-order valence-corrected chi connectivity index (χ4v) is 2.50. The number of aromatic nitrogens is 1. The first kappa shape index (κ1) is 16.5. The topological polar surface area (TPSA) is 12.9 Å². The molecule has 1 rings (SSSR count). The second-order valence-corrected chi connectivity index (χ2v) is 7.67. The zero-order valence-electron chi connectivity index (χ0n) is 13.1. The number of hydrogen-bond donors (Lipinski definition) is 0. The zero-order chi connectivity index (χ0) is 14.5. The van der Waals surface area contributed by atoms with Gasteiger partial charge >= 0.3 is 0 Å². The molecule has 1 nitrogen and oxygen atoms in total. The van der Waals surface area contributed by atoms with Gasteiger partial charge in [0.1, 0.15) is 0 Å². The predicted molar refractivity (Wildman–Crippen MR) is 85.0 cm³/mol. The van der Waals surface area contributed by atoms with E-state index in [9.17, 15) is 0 Å². The van der Waals surface area contributed by atoms with Crippen LogP contribution in [0.4, 0.5) is 0 Å². The third-order valence-corrected chi connectivity index (χ3v) is 3.78. The molecule has 0 amide bonds. The number of nitrogens with zero attached hydrogens (tertiary/aromatic N) is 1. The minimum atomic E-state index is 0.133. The van der Waals surface area contributed by atoms with E-state index in [2.05, 4.69) is 51.7 Å². The number of halogens is 1. The van der Waals surface area contributed by atoms with Gasteiger partial charge in [-0.15, -0.1) is 11.6 Å². The molecule has 0 aliphatic carbocycles. The van der Waals surface area contributed by atoms with Crippen molar-refractivity contribution in [1.29, 1.82) is 0 Å². The van der Waals surface area contributed by atoms with Crippen molar-refractivity contribution in [3.63, 3.8) is 0 Å². The van der Waals surface area contributed by atoms with Gasteiger partial charge in [0.15, 0.2) is 0 Å². The van der Waals surface area contributed by atoms with Crippen molar-refractivity contribution < 1.29 is 0 Å². The Hall–Kier alpha value is -0.560. The van der Waals surface area contributed by atoms with Crippen LogP contribution in [0.25, 0.3) is 0 Å². The summed E-state index contributed by atoms with van der Waals surface area (Å²) in [6.07, 6.45) is 6.69. The van der Waals surface area contributed by atoms with Crippen LogP contribution in [-0.2, 0) is 11.8 Å². The average Bonchev–Trinajstić information content (AvgIpc) is 2.28. The van der Waals surface area contributed by atoms with Gasteiger partial charge in [-0.2, -0.15) is 0 Å². The summed E-state index contributed by atoms with van der Waals surface area (Å²) in [6, 6.07) is 4.40. The maximum atomic E-state index is 5.74. The van der Waals surface area contributed by atoms with Crippen LogP contribution in [0.15, 0.2) is 18.3 Å². The monoisotopic (exact) mass is 281 g/mol. The molecule has 0 N–H and O–H groups in total. The van der Waals surface area contributed by atoms with E-state index in [4.69, 9.17) is 11.6 Å². The minimum Gasteiger partial charge on any atom is -0.260 e. The molecule has 0 saturated heterocycles. The third kappa shape index (κ3) is 5.95. The highest BCUT2D eigenvalue weighted by Gasteiger charge is 2.19. The first-order chi connectivity index (χ1) is 8.74. The number of alkyl halides is 1. The molecule has 1 aromatic rings. The van der Waals surface area contributed by atoms with Gasteiger partial charge < -0.3 is 0 Å². The van der Waals surface area contributed by atoms with Gasteiger partial charge in [-0.3, -0.25) is 4.98 Å². The predicted octanol–water partition coefficient (Wildman–Crippen LogP) is 5.36. The van der Waals surface area contributed by atoms with Crippen molar-refractivity contribution in [2.45, 2.75) is 65.7 Å². The second kappa shape index (κ2) is 6.74. The SMILES string of the molecule is CC(C)(CCCCCl)Cc1ccc(C(C)(C)C)nc1. The lowest BCUT2D eigenvalue weighted by Gasteiger charge is -2.25. The van der Waals surface area contributed by atoms with Crippen LogP contribution in [0.5, 0.6) is 0 Å². The van der Waals surface area contributed by atoms with Crippen LogP contribution in [0.1, 0.15) is 65.1 Å². The number of rotatable bonds is 6. The molecule has 0 radical (unpaired) electrons. The van der Waals surface area contributed by atoms with Gasteiger partial charge in [-0.1, -0.05) is 47.1 Å². The van der Waals surface area contributed by atoms with Gasteiger partial charge in [-0.25, -0.2) is 0 Å². The van der Waals surface area contributed by atoms with Crippen LogP contribution in [0.3, 0.4) is 0 Å². The Bertz CT molecular complexity index is 373. The molecule has 0 unspecified atom stereocenters.